The second-order valence-corrected chi connectivity index (χ2v) is 7.41. The molecule has 0 radical (unpaired) electrons. The second-order valence-electron chi connectivity index (χ2n) is 7.41. The normalized spacial score (nSPS) is 19.7. The van der Waals surface area contributed by atoms with Crippen molar-refractivity contribution in [2.45, 2.75) is 51.0 Å². The van der Waals surface area contributed by atoms with Gasteiger partial charge in [0.15, 0.2) is 0 Å². The van der Waals surface area contributed by atoms with Gasteiger partial charge in [-0.25, -0.2) is 0 Å². The summed E-state index contributed by atoms with van der Waals surface area (Å²) >= 11 is 0. The molecule has 0 spiro atoms. The molecule has 1 saturated heterocycles. The Morgan fingerprint density at radius 1 is 1.19 bits per heavy atom. The van der Waals surface area contributed by atoms with Gasteiger partial charge in [0.05, 0.1) is 25.4 Å². The molecule has 1 N–H and O–H groups in total. The Labute approximate surface area is 169 Å². The van der Waals surface area contributed by atoms with Gasteiger partial charge in [-0.1, -0.05) is 38.3 Å². The second kappa shape index (κ2) is 10.9. The molecule has 1 aliphatic heterocycles. The van der Waals surface area contributed by atoms with Crippen molar-refractivity contribution in [1.29, 1.82) is 0 Å². The number of rotatable bonds is 7. The Morgan fingerprint density at radius 2 is 1.89 bits per heavy atom. The van der Waals surface area contributed by atoms with Crippen LogP contribution in [0.4, 0.5) is 0 Å². The minimum Gasteiger partial charge on any atom is -0.493 e. The third-order valence-corrected chi connectivity index (χ3v) is 5.64. The van der Waals surface area contributed by atoms with E-state index in [4.69, 9.17) is 9.47 Å². The molecule has 2 aliphatic rings. The number of para-hydroxylation sites is 1. The quantitative estimate of drug-likeness (QED) is 0.764. The van der Waals surface area contributed by atoms with Crippen LogP contribution in [0.2, 0.25) is 0 Å². The van der Waals surface area contributed by atoms with E-state index in [1.165, 1.54) is 19.3 Å². The first kappa shape index (κ1) is 22.0. The smallest absolute Gasteiger partial charge is 0.255 e. The molecule has 0 aromatic heterocycles. The molecule has 3 rings (SSSR count). The van der Waals surface area contributed by atoms with Crippen LogP contribution in [0, 0.1) is 0 Å². The molecular weight excluding hydrogens is 364 g/mol. The molecule has 0 unspecified atom stereocenters. The van der Waals surface area contributed by atoms with E-state index in [2.05, 4.69) is 17.1 Å². The predicted molar refractivity (Wildman–Crippen MR) is 110 cm³/mol. The fourth-order valence-corrected chi connectivity index (χ4v) is 4.18. The Hall–Kier alpha value is -1.30. The van der Waals surface area contributed by atoms with Gasteiger partial charge in [0.1, 0.15) is 5.75 Å². The van der Waals surface area contributed by atoms with Crippen molar-refractivity contribution in [3.8, 4) is 5.75 Å². The highest BCUT2D eigenvalue weighted by Crippen LogP contribution is 2.34. The summed E-state index contributed by atoms with van der Waals surface area (Å²) in [6.07, 6.45) is 7.01. The molecule has 2 fully saturated rings. The molecule has 27 heavy (non-hydrogen) atoms. The average molecular weight is 397 g/mol. The van der Waals surface area contributed by atoms with Crippen molar-refractivity contribution in [2.24, 2.45) is 0 Å². The van der Waals surface area contributed by atoms with Gasteiger partial charge in [0, 0.05) is 25.2 Å². The minimum absolute atomic E-state index is 0. The van der Waals surface area contributed by atoms with Crippen LogP contribution in [-0.2, 0) is 4.74 Å². The maximum atomic E-state index is 12.9. The summed E-state index contributed by atoms with van der Waals surface area (Å²) in [5.74, 6) is 0.644. The average Bonchev–Trinajstić information content (AvgIpc) is 2.72. The molecule has 1 heterocycles. The summed E-state index contributed by atoms with van der Waals surface area (Å²) in [4.78, 5) is 15.4. The predicted octanol–water partition coefficient (Wildman–Crippen LogP) is 3.66. The first-order chi connectivity index (χ1) is 12.7. The molecule has 152 valence electrons. The van der Waals surface area contributed by atoms with Crippen molar-refractivity contribution in [2.75, 3.05) is 39.5 Å². The lowest BCUT2D eigenvalue weighted by Gasteiger charge is -2.48. The monoisotopic (exact) mass is 396 g/mol. The van der Waals surface area contributed by atoms with Gasteiger partial charge in [-0.05, 0) is 31.4 Å². The number of carbonyl (C=O) groups excluding carboxylic acids is 1. The Bertz CT molecular complexity index is 585. The summed E-state index contributed by atoms with van der Waals surface area (Å²) in [5, 5.41) is 3.22. The van der Waals surface area contributed by atoms with Crippen molar-refractivity contribution in [3.63, 3.8) is 0 Å². The van der Waals surface area contributed by atoms with Crippen LogP contribution < -0.4 is 10.1 Å². The molecule has 1 saturated carbocycles. The molecule has 5 nitrogen and oxygen atoms in total. The highest BCUT2D eigenvalue weighted by atomic mass is 35.5. The molecular formula is C21H33ClN2O3. The van der Waals surface area contributed by atoms with Crippen molar-refractivity contribution < 1.29 is 14.3 Å². The first-order valence-corrected chi connectivity index (χ1v) is 10.1. The first-order valence-electron chi connectivity index (χ1n) is 10.1. The van der Waals surface area contributed by atoms with E-state index in [9.17, 15) is 4.79 Å². The summed E-state index contributed by atoms with van der Waals surface area (Å²) in [7, 11) is 0. The fourth-order valence-electron chi connectivity index (χ4n) is 4.18. The van der Waals surface area contributed by atoms with E-state index in [1.807, 2.05) is 24.3 Å². The Balaban J connectivity index is 0.00000261. The van der Waals surface area contributed by atoms with Gasteiger partial charge < -0.3 is 14.8 Å². The Kier molecular flexibility index (Phi) is 8.87. The lowest BCUT2D eigenvalue weighted by atomic mass is 9.79. The highest BCUT2D eigenvalue weighted by molar-refractivity contribution is 5.96. The van der Waals surface area contributed by atoms with Crippen molar-refractivity contribution >= 4 is 18.3 Å². The highest BCUT2D eigenvalue weighted by Gasteiger charge is 2.38. The van der Waals surface area contributed by atoms with E-state index in [0.29, 0.717) is 24.5 Å². The number of nitrogens with zero attached hydrogens (tertiary/aromatic N) is 1. The number of carbonyl (C=O) groups is 1. The molecule has 1 aliphatic carbocycles. The largest absolute Gasteiger partial charge is 0.493 e. The standard InChI is InChI=1S/C21H32N2O3.ClH/c1-2-14-26-19-9-5-4-8-18(19)20(24)22-17-21(10-6-3-7-11-21)23-12-15-25-16-13-23;/h4-5,8-9H,2-3,6-7,10-17H2,1H3,(H,22,24);1H. The summed E-state index contributed by atoms with van der Waals surface area (Å²) in [6, 6.07) is 7.54. The third-order valence-electron chi connectivity index (χ3n) is 5.64. The number of nitrogens with one attached hydrogen (secondary N) is 1. The van der Waals surface area contributed by atoms with E-state index >= 15 is 0 Å². The van der Waals surface area contributed by atoms with Gasteiger partial charge in [0.2, 0.25) is 0 Å². The van der Waals surface area contributed by atoms with E-state index in [0.717, 1.165) is 45.6 Å². The minimum atomic E-state index is -0.0325. The van der Waals surface area contributed by atoms with Crippen LogP contribution >= 0.6 is 12.4 Å². The van der Waals surface area contributed by atoms with Crippen LogP contribution in [0.3, 0.4) is 0 Å². The number of ether oxygens (including phenoxy) is 2. The van der Waals surface area contributed by atoms with Crippen LogP contribution in [0.1, 0.15) is 55.8 Å². The van der Waals surface area contributed by atoms with Crippen LogP contribution in [0.5, 0.6) is 5.75 Å². The number of hydrogen-bond acceptors (Lipinski definition) is 4. The lowest BCUT2D eigenvalue weighted by Crippen LogP contribution is -2.59. The van der Waals surface area contributed by atoms with Crippen molar-refractivity contribution in [1.82, 2.24) is 10.2 Å². The number of morpholine rings is 1. The molecule has 1 aromatic carbocycles. The number of amides is 1. The van der Waals surface area contributed by atoms with Gasteiger partial charge in [-0.2, -0.15) is 0 Å². The fraction of sp³-hybridized carbons (Fsp3) is 0.667. The van der Waals surface area contributed by atoms with Gasteiger partial charge in [-0.15, -0.1) is 12.4 Å². The van der Waals surface area contributed by atoms with Gasteiger partial charge in [-0.3, -0.25) is 9.69 Å². The zero-order valence-corrected chi connectivity index (χ0v) is 17.2. The molecule has 6 heteroatoms. The van der Waals surface area contributed by atoms with E-state index in [-0.39, 0.29) is 23.9 Å². The van der Waals surface area contributed by atoms with Crippen LogP contribution in [0.15, 0.2) is 24.3 Å². The van der Waals surface area contributed by atoms with Crippen molar-refractivity contribution in [3.05, 3.63) is 29.8 Å². The van der Waals surface area contributed by atoms with Gasteiger partial charge >= 0.3 is 0 Å². The van der Waals surface area contributed by atoms with Crippen LogP contribution in [-0.4, -0.2) is 55.8 Å². The zero-order valence-electron chi connectivity index (χ0n) is 16.4. The van der Waals surface area contributed by atoms with E-state index in [1.54, 1.807) is 0 Å². The summed E-state index contributed by atoms with van der Waals surface area (Å²) in [5.41, 5.74) is 0.713. The summed E-state index contributed by atoms with van der Waals surface area (Å²) in [6.45, 7) is 6.92. The molecule has 1 aromatic rings. The number of hydrogen-bond donors (Lipinski definition) is 1. The topological polar surface area (TPSA) is 50.8 Å². The number of halogens is 1. The maximum Gasteiger partial charge on any atom is 0.255 e. The lowest BCUT2D eigenvalue weighted by molar-refractivity contribution is -0.0361. The van der Waals surface area contributed by atoms with Gasteiger partial charge in [0.25, 0.3) is 5.91 Å². The maximum absolute atomic E-state index is 12.9. The summed E-state index contributed by atoms with van der Waals surface area (Å²) < 4.78 is 11.3. The van der Waals surface area contributed by atoms with E-state index < -0.39 is 0 Å². The Morgan fingerprint density at radius 3 is 2.59 bits per heavy atom. The molecule has 0 atom stereocenters. The number of benzene rings is 1. The molecule has 0 bridgehead atoms. The zero-order chi connectivity index (χ0) is 18.2. The van der Waals surface area contributed by atoms with Crippen LogP contribution in [0.25, 0.3) is 0 Å². The third kappa shape index (κ3) is 5.59. The SMILES string of the molecule is CCCOc1ccccc1C(=O)NCC1(N2CCOCC2)CCCCC1.Cl. The molecule has 1 amide bonds.